The molecule has 0 aromatic heterocycles. The van der Waals surface area contributed by atoms with E-state index in [0.29, 0.717) is 25.7 Å². The monoisotopic (exact) mass is 399 g/mol. The molecule has 5 nitrogen and oxygen atoms in total. The van der Waals surface area contributed by atoms with Crippen molar-refractivity contribution in [3.05, 3.63) is 42.0 Å². The van der Waals surface area contributed by atoms with Crippen LogP contribution in [-0.2, 0) is 15.1 Å². The summed E-state index contributed by atoms with van der Waals surface area (Å²) in [5, 5.41) is 13.9. The van der Waals surface area contributed by atoms with Gasteiger partial charge in [0.15, 0.2) is 0 Å². The highest BCUT2D eigenvalue weighted by Gasteiger charge is 2.44. The number of rotatable bonds is 7. The molecule has 1 aliphatic carbocycles. The molecule has 1 aliphatic rings. The van der Waals surface area contributed by atoms with Gasteiger partial charge in [-0.25, -0.2) is 0 Å². The maximum absolute atomic E-state index is 12.0. The Kier molecular flexibility index (Phi) is 6.81. The molecule has 0 amide bonds. The van der Waals surface area contributed by atoms with E-state index in [2.05, 4.69) is 11.0 Å². The van der Waals surface area contributed by atoms with Gasteiger partial charge in [0.25, 0.3) is 0 Å². The van der Waals surface area contributed by atoms with E-state index in [4.69, 9.17) is 9.47 Å². The quantitative estimate of drug-likeness (QED) is 0.710. The molecule has 1 fully saturated rings. The Morgan fingerprint density at radius 2 is 1.93 bits per heavy atom. The van der Waals surface area contributed by atoms with Gasteiger partial charge in [-0.05, 0) is 74.3 Å². The standard InChI is InChI=1S/C24H33NO4/c1-5-6-23(26)29-22-11-12-24(27,20(15-22)16-25(2)3)19-9-7-18-14-21(28-4)10-8-17(18)13-19/h7-10,13-14,20,22,27H,5-6,11-12,15-16H2,1-4H3. The number of nitrogens with zero attached hydrogens (tertiary/aromatic N) is 1. The van der Waals surface area contributed by atoms with Gasteiger partial charge in [0.05, 0.1) is 12.7 Å². The van der Waals surface area contributed by atoms with Crippen LogP contribution in [0.25, 0.3) is 10.8 Å². The lowest BCUT2D eigenvalue weighted by Gasteiger charge is -2.44. The van der Waals surface area contributed by atoms with Crippen LogP contribution in [-0.4, -0.2) is 49.8 Å². The summed E-state index contributed by atoms with van der Waals surface area (Å²) >= 11 is 0. The Hall–Kier alpha value is -2.11. The Morgan fingerprint density at radius 3 is 2.62 bits per heavy atom. The van der Waals surface area contributed by atoms with Gasteiger partial charge in [0.1, 0.15) is 11.9 Å². The van der Waals surface area contributed by atoms with Crippen molar-refractivity contribution in [3.8, 4) is 5.75 Å². The highest BCUT2D eigenvalue weighted by molar-refractivity contribution is 5.84. The summed E-state index contributed by atoms with van der Waals surface area (Å²) in [6.45, 7) is 2.71. The number of carbonyl (C=O) groups is 1. The van der Waals surface area contributed by atoms with Crippen molar-refractivity contribution < 1.29 is 19.4 Å². The summed E-state index contributed by atoms with van der Waals surface area (Å²) < 4.78 is 11.0. The molecule has 0 heterocycles. The molecule has 3 unspecified atom stereocenters. The van der Waals surface area contributed by atoms with E-state index in [1.165, 1.54) is 0 Å². The molecule has 2 aromatic rings. The van der Waals surface area contributed by atoms with Crippen molar-refractivity contribution in [2.75, 3.05) is 27.7 Å². The Labute approximate surface area is 173 Å². The molecular formula is C24H33NO4. The first-order chi connectivity index (χ1) is 13.9. The van der Waals surface area contributed by atoms with Crippen LogP contribution in [0.1, 0.15) is 44.6 Å². The molecule has 0 saturated heterocycles. The number of carbonyl (C=O) groups excluding carboxylic acids is 1. The lowest BCUT2D eigenvalue weighted by atomic mass is 9.70. The summed E-state index contributed by atoms with van der Waals surface area (Å²) in [6, 6.07) is 12.1. The second-order valence-electron chi connectivity index (χ2n) is 8.45. The minimum atomic E-state index is -0.938. The molecule has 1 N–H and O–H groups in total. The van der Waals surface area contributed by atoms with E-state index in [-0.39, 0.29) is 18.0 Å². The molecule has 1 saturated carbocycles. The lowest BCUT2D eigenvalue weighted by Crippen LogP contribution is -2.47. The molecule has 0 aliphatic heterocycles. The van der Waals surface area contributed by atoms with Crippen molar-refractivity contribution in [2.45, 2.75) is 50.7 Å². The second-order valence-corrected chi connectivity index (χ2v) is 8.45. The van der Waals surface area contributed by atoms with Crippen LogP contribution in [0.2, 0.25) is 0 Å². The normalized spacial score (nSPS) is 24.6. The van der Waals surface area contributed by atoms with Gasteiger partial charge < -0.3 is 19.5 Å². The van der Waals surface area contributed by atoms with Crippen LogP contribution >= 0.6 is 0 Å². The number of hydrogen-bond donors (Lipinski definition) is 1. The molecule has 5 heteroatoms. The van der Waals surface area contributed by atoms with Gasteiger partial charge in [0.2, 0.25) is 0 Å². The van der Waals surface area contributed by atoms with Crippen molar-refractivity contribution in [2.24, 2.45) is 5.92 Å². The van der Waals surface area contributed by atoms with Crippen molar-refractivity contribution in [3.63, 3.8) is 0 Å². The number of benzene rings is 2. The summed E-state index contributed by atoms with van der Waals surface area (Å²) in [4.78, 5) is 14.1. The third-order valence-corrected chi connectivity index (χ3v) is 5.96. The zero-order valence-electron chi connectivity index (χ0n) is 18.0. The lowest BCUT2D eigenvalue weighted by molar-refractivity contribution is -0.159. The largest absolute Gasteiger partial charge is 0.497 e. The number of ether oxygens (including phenoxy) is 2. The second kappa shape index (κ2) is 9.14. The third kappa shape index (κ3) is 4.90. The number of aliphatic hydroxyl groups is 1. The Balaban J connectivity index is 1.87. The summed E-state index contributed by atoms with van der Waals surface area (Å²) in [6.07, 6.45) is 3.05. The first-order valence-electron chi connectivity index (χ1n) is 10.5. The molecule has 29 heavy (non-hydrogen) atoms. The molecule has 3 atom stereocenters. The summed E-state index contributed by atoms with van der Waals surface area (Å²) in [7, 11) is 5.69. The van der Waals surface area contributed by atoms with Gasteiger partial charge in [-0.1, -0.05) is 25.1 Å². The first kappa shape index (κ1) is 21.6. The maximum atomic E-state index is 12.0. The zero-order chi connectivity index (χ0) is 21.0. The topological polar surface area (TPSA) is 59.0 Å². The molecule has 158 valence electrons. The van der Waals surface area contributed by atoms with E-state index >= 15 is 0 Å². The van der Waals surface area contributed by atoms with Gasteiger partial charge in [0, 0.05) is 18.9 Å². The van der Waals surface area contributed by atoms with Crippen LogP contribution in [0.3, 0.4) is 0 Å². The van der Waals surface area contributed by atoms with E-state index in [0.717, 1.165) is 35.1 Å². The minimum absolute atomic E-state index is 0.0126. The highest BCUT2D eigenvalue weighted by atomic mass is 16.5. The van der Waals surface area contributed by atoms with Crippen molar-refractivity contribution >= 4 is 16.7 Å². The van der Waals surface area contributed by atoms with Crippen LogP contribution in [0.15, 0.2) is 36.4 Å². The SMILES string of the molecule is CCCC(=O)OC1CCC(O)(c2ccc3cc(OC)ccc3c2)C(CN(C)C)C1. The number of fused-ring (bicyclic) bond motifs is 1. The van der Waals surface area contributed by atoms with Crippen LogP contribution in [0.5, 0.6) is 5.75 Å². The van der Waals surface area contributed by atoms with Crippen LogP contribution < -0.4 is 4.74 Å². The summed E-state index contributed by atoms with van der Waals surface area (Å²) in [5.41, 5.74) is -0.00756. The third-order valence-electron chi connectivity index (χ3n) is 5.96. The average molecular weight is 400 g/mol. The zero-order valence-corrected chi connectivity index (χ0v) is 18.0. The average Bonchev–Trinajstić information content (AvgIpc) is 2.69. The van der Waals surface area contributed by atoms with E-state index < -0.39 is 5.60 Å². The first-order valence-corrected chi connectivity index (χ1v) is 10.5. The number of esters is 1. The molecule has 3 rings (SSSR count). The van der Waals surface area contributed by atoms with Crippen LogP contribution in [0.4, 0.5) is 0 Å². The molecule has 0 bridgehead atoms. The molecule has 0 radical (unpaired) electrons. The Bertz CT molecular complexity index is 850. The fourth-order valence-corrected chi connectivity index (χ4v) is 4.44. The fraction of sp³-hybridized carbons (Fsp3) is 0.542. The van der Waals surface area contributed by atoms with Gasteiger partial charge in [-0.2, -0.15) is 0 Å². The summed E-state index contributed by atoms with van der Waals surface area (Å²) in [5.74, 6) is 0.677. The van der Waals surface area contributed by atoms with E-state index in [9.17, 15) is 9.90 Å². The molecule has 2 aromatic carbocycles. The highest BCUT2D eigenvalue weighted by Crippen LogP contribution is 2.44. The number of methoxy groups -OCH3 is 1. The predicted molar refractivity (Wildman–Crippen MR) is 115 cm³/mol. The minimum Gasteiger partial charge on any atom is -0.497 e. The Morgan fingerprint density at radius 1 is 1.21 bits per heavy atom. The molecular weight excluding hydrogens is 366 g/mol. The van der Waals surface area contributed by atoms with E-state index in [1.54, 1.807) is 7.11 Å². The number of hydrogen-bond acceptors (Lipinski definition) is 5. The van der Waals surface area contributed by atoms with Crippen molar-refractivity contribution in [1.82, 2.24) is 4.90 Å². The predicted octanol–water partition coefficient (Wildman–Crippen LogP) is 4.11. The van der Waals surface area contributed by atoms with Gasteiger partial charge >= 0.3 is 5.97 Å². The maximum Gasteiger partial charge on any atom is 0.306 e. The van der Waals surface area contributed by atoms with Gasteiger partial charge in [-0.3, -0.25) is 4.79 Å². The van der Waals surface area contributed by atoms with E-state index in [1.807, 2.05) is 51.4 Å². The van der Waals surface area contributed by atoms with Gasteiger partial charge in [-0.15, -0.1) is 0 Å². The fourth-order valence-electron chi connectivity index (χ4n) is 4.44. The van der Waals surface area contributed by atoms with Crippen molar-refractivity contribution in [1.29, 1.82) is 0 Å². The smallest absolute Gasteiger partial charge is 0.306 e. The van der Waals surface area contributed by atoms with Crippen LogP contribution in [0, 0.1) is 5.92 Å². The molecule has 0 spiro atoms.